The van der Waals surface area contributed by atoms with Crippen LogP contribution in [0.5, 0.6) is 5.75 Å². The minimum absolute atomic E-state index is 0.339. The van der Waals surface area contributed by atoms with E-state index in [2.05, 4.69) is 17.4 Å². The third-order valence-corrected chi connectivity index (χ3v) is 3.05. The summed E-state index contributed by atoms with van der Waals surface area (Å²) in [6.07, 6.45) is 1.92. The Hall–Kier alpha value is -0.770. The Morgan fingerprint density at radius 2 is 1.94 bits per heavy atom. The molecule has 102 valence electrons. The van der Waals surface area contributed by atoms with Crippen LogP contribution in [0.25, 0.3) is 0 Å². The standard InChI is InChI=1S/C14H22ClNO2/c1-17-11-13(7-9-15)16-10-8-12-3-5-14(18-2)6-4-12/h3-6,13,16H,7-11H2,1-2H3. The van der Waals surface area contributed by atoms with E-state index in [-0.39, 0.29) is 0 Å². The van der Waals surface area contributed by atoms with Gasteiger partial charge in [-0.3, -0.25) is 0 Å². The molecule has 0 spiro atoms. The fraction of sp³-hybridized carbons (Fsp3) is 0.571. The van der Waals surface area contributed by atoms with Gasteiger partial charge in [0, 0.05) is 19.0 Å². The Morgan fingerprint density at radius 3 is 2.50 bits per heavy atom. The van der Waals surface area contributed by atoms with Crippen LogP contribution < -0.4 is 10.1 Å². The van der Waals surface area contributed by atoms with E-state index in [0.29, 0.717) is 18.5 Å². The van der Waals surface area contributed by atoms with Crippen molar-refractivity contribution in [2.75, 3.05) is 33.3 Å². The predicted octanol–water partition coefficient (Wildman–Crippen LogP) is 2.47. The topological polar surface area (TPSA) is 30.5 Å². The molecule has 1 aromatic rings. The summed E-state index contributed by atoms with van der Waals surface area (Å²) in [5.41, 5.74) is 1.30. The molecule has 0 aliphatic rings. The highest BCUT2D eigenvalue weighted by molar-refractivity contribution is 6.17. The maximum Gasteiger partial charge on any atom is 0.118 e. The van der Waals surface area contributed by atoms with Crippen molar-refractivity contribution in [2.45, 2.75) is 18.9 Å². The maximum absolute atomic E-state index is 5.75. The maximum atomic E-state index is 5.75. The van der Waals surface area contributed by atoms with Gasteiger partial charge in [-0.1, -0.05) is 12.1 Å². The van der Waals surface area contributed by atoms with Crippen molar-refractivity contribution >= 4 is 11.6 Å². The second-order valence-electron chi connectivity index (χ2n) is 4.18. The average Bonchev–Trinajstić information content (AvgIpc) is 2.40. The summed E-state index contributed by atoms with van der Waals surface area (Å²) in [7, 11) is 3.39. The van der Waals surface area contributed by atoms with E-state index in [0.717, 1.165) is 25.1 Å². The van der Waals surface area contributed by atoms with E-state index in [4.69, 9.17) is 21.1 Å². The van der Waals surface area contributed by atoms with Crippen LogP contribution >= 0.6 is 11.6 Å². The third-order valence-electron chi connectivity index (χ3n) is 2.83. The zero-order valence-electron chi connectivity index (χ0n) is 11.1. The normalized spacial score (nSPS) is 12.4. The molecule has 1 aromatic carbocycles. The number of alkyl halides is 1. The number of rotatable bonds is 9. The molecule has 0 aliphatic carbocycles. The zero-order valence-corrected chi connectivity index (χ0v) is 11.9. The highest BCUT2D eigenvalue weighted by Gasteiger charge is 2.06. The molecule has 0 radical (unpaired) electrons. The van der Waals surface area contributed by atoms with Gasteiger partial charge in [0.15, 0.2) is 0 Å². The number of methoxy groups -OCH3 is 2. The van der Waals surface area contributed by atoms with Crippen LogP contribution in [0.2, 0.25) is 0 Å². The van der Waals surface area contributed by atoms with E-state index < -0.39 is 0 Å². The Kier molecular flexibility index (Phi) is 7.81. The number of benzene rings is 1. The van der Waals surface area contributed by atoms with Crippen molar-refractivity contribution in [3.8, 4) is 5.75 Å². The summed E-state index contributed by atoms with van der Waals surface area (Å²) in [5.74, 6) is 1.55. The van der Waals surface area contributed by atoms with Crippen molar-refractivity contribution < 1.29 is 9.47 Å². The van der Waals surface area contributed by atoms with E-state index in [1.165, 1.54) is 5.56 Å². The van der Waals surface area contributed by atoms with Gasteiger partial charge < -0.3 is 14.8 Å². The van der Waals surface area contributed by atoms with Crippen LogP contribution in [0.4, 0.5) is 0 Å². The lowest BCUT2D eigenvalue weighted by Crippen LogP contribution is -2.35. The number of hydrogen-bond donors (Lipinski definition) is 1. The van der Waals surface area contributed by atoms with E-state index in [1.807, 2.05) is 12.1 Å². The van der Waals surface area contributed by atoms with Crippen molar-refractivity contribution in [3.63, 3.8) is 0 Å². The summed E-state index contributed by atoms with van der Waals surface area (Å²) in [6, 6.07) is 8.49. The molecule has 0 bridgehead atoms. The van der Waals surface area contributed by atoms with Crippen LogP contribution in [0, 0.1) is 0 Å². The molecule has 0 amide bonds. The summed E-state index contributed by atoms with van der Waals surface area (Å²) in [6.45, 7) is 1.63. The molecular weight excluding hydrogens is 250 g/mol. The monoisotopic (exact) mass is 271 g/mol. The largest absolute Gasteiger partial charge is 0.497 e. The molecule has 0 aromatic heterocycles. The quantitative estimate of drug-likeness (QED) is 0.700. The average molecular weight is 272 g/mol. The summed E-state index contributed by atoms with van der Waals surface area (Å²) >= 11 is 5.75. The molecule has 0 fully saturated rings. The van der Waals surface area contributed by atoms with Gasteiger partial charge in [-0.15, -0.1) is 11.6 Å². The first-order chi connectivity index (χ1) is 8.80. The first kappa shape index (κ1) is 15.3. The molecule has 0 saturated heterocycles. The minimum atomic E-state index is 0.339. The summed E-state index contributed by atoms with van der Waals surface area (Å²) < 4.78 is 10.3. The van der Waals surface area contributed by atoms with Gasteiger partial charge in [-0.25, -0.2) is 0 Å². The summed E-state index contributed by atoms with van der Waals surface area (Å²) in [4.78, 5) is 0. The van der Waals surface area contributed by atoms with Crippen molar-refractivity contribution in [1.82, 2.24) is 5.32 Å². The summed E-state index contributed by atoms with van der Waals surface area (Å²) in [5, 5.41) is 3.46. The van der Waals surface area contributed by atoms with E-state index in [1.54, 1.807) is 14.2 Å². The second kappa shape index (κ2) is 9.20. The molecular formula is C14H22ClNO2. The van der Waals surface area contributed by atoms with E-state index in [9.17, 15) is 0 Å². The number of hydrogen-bond acceptors (Lipinski definition) is 3. The van der Waals surface area contributed by atoms with Gasteiger partial charge in [0.05, 0.1) is 13.7 Å². The third kappa shape index (κ3) is 5.71. The van der Waals surface area contributed by atoms with Gasteiger partial charge in [-0.05, 0) is 37.1 Å². The molecule has 0 aliphatic heterocycles. The lowest BCUT2D eigenvalue weighted by molar-refractivity contribution is 0.165. The number of nitrogens with one attached hydrogen (secondary N) is 1. The molecule has 1 unspecified atom stereocenters. The molecule has 1 atom stereocenters. The number of ether oxygens (including phenoxy) is 2. The molecule has 0 saturated carbocycles. The van der Waals surface area contributed by atoms with Crippen LogP contribution in [-0.4, -0.2) is 39.3 Å². The fourth-order valence-electron chi connectivity index (χ4n) is 1.79. The van der Waals surface area contributed by atoms with Crippen molar-refractivity contribution in [1.29, 1.82) is 0 Å². The van der Waals surface area contributed by atoms with Crippen molar-refractivity contribution in [3.05, 3.63) is 29.8 Å². The molecule has 1 N–H and O–H groups in total. The lowest BCUT2D eigenvalue weighted by Gasteiger charge is -2.16. The van der Waals surface area contributed by atoms with Gasteiger partial charge in [0.25, 0.3) is 0 Å². The zero-order chi connectivity index (χ0) is 13.2. The first-order valence-electron chi connectivity index (χ1n) is 6.21. The number of halogens is 1. The van der Waals surface area contributed by atoms with Crippen LogP contribution in [0.3, 0.4) is 0 Å². The second-order valence-corrected chi connectivity index (χ2v) is 4.56. The van der Waals surface area contributed by atoms with Crippen LogP contribution in [0.15, 0.2) is 24.3 Å². The van der Waals surface area contributed by atoms with Crippen LogP contribution in [-0.2, 0) is 11.2 Å². The van der Waals surface area contributed by atoms with Gasteiger partial charge in [0.2, 0.25) is 0 Å². The van der Waals surface area contributed by atoms with E-state index >= 15 is 0 Å². The van der Waals surface area contributed by atoms with Gasteiger partial charge in [-0.2, -0.15) is 0 Å². The molecule has 4 heteroatoms. The molecule has 1 rings (SSSR count). The van der Waals surface area contributed by atoms with Gasteiger partial charge in [0.1, 0.15) is 5.75 Å². The highest BCUT2D eigenvalue weighted by Crippen LogP contribution is 2.11. The lowest BCUT2D eigenvalue weighted by atomic mass is 10.1. The van der Waals surface area contributed by atoms with Gasteiger partial charge >= 0.3 is 0 Å². The van der Waals surface area contributed by atoms with Crippen LogP contribution in [0.1, 0.15) is 12.0 Å². The Bertz CT molecular complexity index is 310. The minimum Gasteiger partial charge on any atom is -0.497 e. The first-order valence-corrected chi connectivity index (χ1v) is 6.74. The Morgan fingerprint density at radius 1 is 1.22 bits per heavy atom. The SMILES string of the molecule is COCC(CCCl)NCCc1ccc(OC)cc1. The predicted molar refractivity (Wildman–Crippen MR) is 75.7 cm³/mol. The molecule has 18 heavy (non-hydrogen) atoms. The Labute approximate surface area is 114 Å². The highest BCUT2D eigenvalue weighted by atomic mass is 35.5. The fourth-order valence-corrected chi connectivity index (χ4v) is 2.05. The smallest absolute Gasteiger partial charge is 0.118 e. The van der Waals surface area contributed by atoms with Crippen molar-refractivity contribution in [2.24, 2.45) is 0 Å². The molecule has 3 nitrogen and oxygen atoms in total. The molecule has 0 heterocycles. The Balaban J connectivity index is 2.30.